The van der Waals surface area contributed by atoms with E-state index in [1.54, 1.807) is 24.7 Å². The Morgan fingerprint density at radius 2 is 1.80 bits per heavy atom. The van der Waals surface area contributed by atoms with E-state index in [-0.39, 0.29) is 18.3 Å². The lowest BCUT2D eigenvalue weighted by atomic mass is 10.0. The summed E-state index contributed by atoms with van der Waals surface area (Å²) in [6.07, 6.45) is 6.44. The van der Waals surface area contributed by atoms with Crippen molar-refractivity contribution in [3.63, 3.8) is 0 Å². The third-order valence-corrected chi connectivity index (χ3v) is 2.77. The fourth-order valence-corrected chi connectivity index (χ4v) is 1.80. The molecule has 2 aromatic rings. The van der Waals surface area contributed by atoms with E-state index in [1.807, 2.05) is 30.3 Å². The molecule has 0 N–H and O–H groups in total. The number of aromatic nitrogens is 2. The van der Waals surface area contributed by atoms with E-state index in [9.17, 15) is 4.79 Å². The van der Waals surface area contributed by atoms with Crippen molar-refractivity contribution < 1.29 is 9.53 Å². The zero-order valence-electron chi connectivity index (χ0n) is 10.6. The molecule has 0 amide bonds. The molecular formula is C15H11N3O2. The van der Waals surface area contributed by atoms with Crippen molar-refractivity contribution in [2.45, 2.75) is 0 Å². The highest BCUT2D eigenvalue weighted by atomic mass is 16.5. The summed E-state index contributed by atoms with van der Waals surface area (Å²) in [5.41, 5.74) is 1.24. The lowest BCUT2D eigenvalue weighted by Crippen LogP contribution is -2.10. The maximum atomic E-state index is 11.7. The van der Waals surface area contributed by atoms with E-state index in [1.165, 1.54) is 0 Å². The number of nitrogens with zero attached hydrogens (tertiary/aromatic N) is 3. The molecule has 0 aliphatic carbocycles. The van der Waals surface area contributed by atoms with Crippen LogP contribution in [-0.4, -0.2) is 28.5 Å². The Kier molecular flexibility index (Phi) is 3.33. The molecule has 0 saturated carbocycles. The topological polar surface area (TPSA) is 64.4 Å². The molecule has 98 valence electrons. The van der Waals surface area contributed by atoms with Gasteiger partial charge in [0.25, 0.3) is 0 Å². The number of rotatable bonds is 3. The number of hydrogen-bond donors (Lipinski definition) is 0. The molecule has 0 radical (unpaired) electrons. The van der Waals surface area contributed by atoms with E-state index in [4.69, 9.17) is 4.74 Å². The van der Waals surface area contributed by atoms with Crippen molar-refractivity contribution in [2.75, 3.05) is 6.54 Å². The molecule has 1 aromatic heterocycles. The van der Waals surface area contributed by atoms with Gasteiger partial charge in [0.15, 0.2) is 5.78 Å². The summed E-state index contributed by atoms with van der Waals surface area (Å²) < 4.78 is 5.49. The molecule has 5 nitrogen and oxygen atoms in total. The highest BCUT2D eigenvalue weighted by molar-refractivity contribution is 6.25. The summed E-state index contributed by atoms with van der Waals surface area (Å²) in [7, 11) is 0. The van der Waals surface area contributed by atoms with E-state index < -0.39 is 0 Å². The number of ketones is 1. The van der Waals surface area contributed by atoms with Crippen molar-refractivity contribution in [1.82, 2.24) is 9.97 Å². The summed E-state index contributed by atoms with van der Waals surface area (Å²) >= 11 is 0. The van der Waals surface area contributed by atoms with Crippen LogP contribution in [0.15, 0.2) is 53.8 Å². The minimum atomic E-state index is -0.0344. The Labute approximate surface area is 115 Å². The lowest BCUT2D eigenvalue weighted by molar-refractivity contribution is -0.112. The van der Waals surface area contributed by atoms with Gasteiger partial charge in [0.1, 0.15) is 12.3 Å². The second kappa shape index (κ2) is 5.44. The average molecular weight is 265 g/mol. The molecular weight excluding hydrogens is 254 g/mol. The van der Waals surface area contributed by atoms with E-state index in [0.717, 1.165) is 0 Å². The van der Waals surface area contributed by atoms with Crippen LogP contribution in [-0.2, 0) is 4.79 Å². The molecule has 20 heavy (non-hydrogen) atoms. The van der Waals surface area contributed by atoms with Crippen molar-refractivity contribution in [1.29, 1.82) is 0 Å². The van der Waals surface area contributed by atoms with Gasteiger partial charge in [-0.25, -0.2) is 9.97 Å². The summed E-state index contributed by atoms with van der Waals surface area (Å²) in [6, 6.07) is 9.53. The number of aliphatic imine (C=N–C) groups is 1. The summed E-state index contributed by atoms with van der Waals surface area (Å²) in [4.78, 5) is 23.8. The van der Waals surface area contributed by atoms with Gasteiger partial charge in [0.2, 0.25) is 0 Å². The number of benzene rings is 1. The van der Waals surface area contributed by atoms with Gasteiger partial charge in [0, 0.05) is 29.7 Å². The quantitative estimate of drug-likeness (QED) is 0.854. The van der Waals surface area contributed by atoms with Gasteiger partial charge in [-0.3, -0.25) is 9.79 Å². The Morgan fingerprint density at radius 3 is 2.50 bits per heavy atom. The van der Waals surface area contributed by atoms with Gasteiger partial charge in [-0.05, 0) is 18.2 Å². The number of hydrogen-bond acceptors (Lipinski definition) is 5. The van der Waals surface area contributed by atoms with Crippen LogP contribution in [0.1, 0.15) is 5.56 Å². The maximum Gasteiger partial charge on any atom is 0.321 e. The molecule has 0 saturated heterocycles. The molecule has 0 atom stereocenters. The SMILES string of the molecule is O=C1CN=CC=C1c1cnc(Oc2ccccc2)nc1. The zero-order chi connectivity index (χ0) is 13.8. The normalized spacial score (nSPS) is 14.0. The highest BCUT2D eigenvalue weighted by Gasteiger charge is 2.14. The third kappa shape index (κ3) is 2.61. The van der Waals surface area contributed by atoms with Gasteiger partial charge >= 0.3 is 6.01 Å². The van der Waals surface area contributed by atoms with Crippen LogP contribution in [0.2, 0.25) is 0 Å². The Morgan fingerprint density at radius 1 is 1.05 bits per heavy atom. The Bertz CT molecular complexity index is 676. The summed E-state index contributed by atoms with van der Waals surface area (Å²) in [5.74, 6) is 0.633. The second-order valence-electron chi connectivity index (χ2n) is 4.16. The number of Topliss-reactive ketones (excluding diaryl/α,β-unsaturated/α-hetero) is 1. The van der Waals surface area contributed by atoms with Crippen molar-refractivity contribution in [2.24, 2.45) is 4.99 Å². The third-order valence-electron chi connectivity index (χ3n) is 2.77. The average Bonchev–Trinajstić information content (AvgIpc) is 2.50. The Balaban J connectivity index is 1.80. The molecule has 1 aromatic carbocycles. The first-order chi connectivity index (χ1) is 9.83. The zero-order valence-corrected chi connectivity index (χ0v) is 10.6. The van der Waals surface area contributed by atoms with Gasteiger partial charge in [0.05, 0.1) is 0 Å². The second-order valence-corrected chi connectivity index (χ2v) is 4.16. The molecule has 0 unspecified atom stereocenters. The minimum absolute atomic E-state index is 0.0344. The van der Waals surface area contributed by atoms with E-state index in [0.29, 0.717) is 16.9 Å². The molecule has 5 heteroatoms. The number of para-hydroxylation sites is 1. The van der Waals surface area contributed by atoms with Gasteiger partial charge < -0.3 is 4.74 Å². The first-order valence-corrected chi connectivity index (χ1v) is 6.11. The van der Waals surface area contributed by atoms with Crippen LogP contribution in [0.5, 0.6) is 11.8 Å². The van der Waals surface area contributed by atoms with Gasteiger partial charge in [-0.15, -0.1) is 0 Å². The molecule has 2 heterocycles. The van der Waals surface area contributed by atoms with Crippen LogP contribution in [0, 0.1) is 0 Å². The van der Waals surface area contributed by atoms with E-state index >= 15 is 0 Å². The number of ether oxygens (including phenoxy) is 1. The molecule has 3 rings (SSSR count). The van der Waals surface area contributed by atoms with E-state index in [2.05, 4.69) is 15.0 Å². The van der Waals surface area contributed by atoms with Crippen LogP contribution in [0.25, 0.3) is 5.57 Å². The fraction of sp³-hybridized carbons (Fsp3) is 0.0667. The standard InChI is InChI=1S/C15H11N3O2/c19-14-10-16-7-6-13(14)11-8-17-15(18-9-11)20-12-4-2-1-3-5-12/h1-9H,10H2. The fourth-order valence-electron chi connectivity index (χ4n) is 1.80. The lowest BCUT2D eigenvalue weighted by Gasteiger charge is -2.08. The first kappa shape index (κ1) is 12.2. The maximum absolute atomic E-state index is 11.7. The van der Waals surface area contributed by atoms with Gasteiger partial charge in [-0.1, -0.05) is 18.2 Å². The molecule has 0 bridgehead atoms. The highest BCUT2D eigenvalue weighted by Crippen LogP contribution is 2.19. The minimum Gasteiger partial charge on any atom is -0.424 e. The summed E-state index contributed by atoms with van der Waals surface area (Å²) in [6.45, 7) is 0.175. The molecule has 0 fully saturated rings. The summed E-state index contributed by atoms with van der Waals surface area (Å²) in [5, 5.41) is 0. The number of allylic oxidation sites excluding steroid dienone is 1. The molecule has 0 spiro atoms. The van der Waals surface area contributed by atoms with Crippen LogP contribution in [0.4, 0.5) is 0 Å². The van der Waals surface area contributed by atoms with Gasteiger partial charge in [-0.2, -0.15) is 0 Å². The largest absolute Gasteiger partial charge is 0.424 e. The number of carbonyl (C=O) groups excluding carboxylic acids is 1. The van der Waals surface area contributed by atoms with Crippen LogP contribution in [0.3, 0.4) is 0 Å². The molecule has 1 aliphatic heterocycles. The van der Waals surface area contributed by atoms with Crippen molar-refractivity contribution in [3.8, 4) is 11.8 Å². The van der Waals surface area contributed by atoms with Crippen molar-refractivity contribution in [3.05, 3.63) is 54.4 Å². The van der Waals surface area contributed by atoms with Crippen molar-refractivity contribution >= 4 is 17.6 Å². The first-order valence-electron chi connectivity index (χ1n) is 6.11. The predicted molar refractivity (Wildman–Crippen MR) is 74.9 cm³/mol. The van der Waals surface area contributed by atoms with Crippen LogP contribution >= 0.6 is 0 Å². The Hall–Kier alpha value is -2.82. The number of carbonyl (C=O) groups is 1. The monoisotopic (exact) mass is 265 g/mol. The van der Waals surface area contributed by atoms with Crippen LogP contribution < -0.4 is 4.74 Å². The predicted octanol–water partition coefficient (Wildman–Crippen LogP) is 2.31. The smallest absolute Gasteiger partial charge is 0.321 e. The molecule has 1 aliphatic rings. The number of dihydropyridines is 1.